The molecule has 0 radical (unpaired) electrons. The third-order valence-corrected chi connectivity index (χ3v) is 4.02. The molecular weight excluding hydrogens is 378 g/mol. The van der Waals surface area contributed by atoms with Crippen molar-refractivity contribution in [1.29, 1.82) is 0 Å². The normalized spacial score (nSPS) is 10.6. The van der Waals surface area contributed by atoms with Crippen molar-refractivity contribution in [1.82, 2.24) is 10.2 Å². The molecule has 4 rings (SSSR count). The van der Waals surface area contributed by atoms with E-state index in [0.29, 0.717) is 5.56 Å². The van der Waals surface area contributed by atoms with E-state index in [1.165, 1.54) is 36.4 Å². The molecule has 0 aliphatic heterocycles. The van der Waals surface area contributed by atoms with Gasteiger partial charge in [0.2, 0.25) is 5.89 Å². The van der Waals surface area contributed by atoms with Crippen LogP contribution in [0.15, 0.2) is 77.2 Å². The van der Waals surface area contributed by atoms with Crippen LogP contribution in [0.1, 0.15) is 0 Å². The van der Waals surface area contributed by atoms with E-state index in [2.05, 4.69) is 20.8 Å². The second-order valence-electron chi connectivity index (χ2n) is 6.03. The number of nitrogens with zero attached hydrogens (tertiary/aromatic N) is 2. The van der Waals surface area contributed by atoms with Gasteiger partial charge in [0, 0.05) is 11.3 Å². The minimum Gasteiger partial charge on any atom is -0.416 e. The number of amides is 2. The average molecular weight is 392 g/mol. The van der Waals surface area contributed by atoms with Gasteiger partial charge in [-0.3, -0.25) is 0 Å². The van der Waals surface area contributed by atoms with E-state index in [4.69, 9.17) is 4.42 Å². The van der Waals surface area contributed by atoms with Gasteiger partial charge in [0.05, 0.1) is 11.3 Å². The van der Waals surface area contributed by atoms with Crippen molar-refractivity contribution in [2.75, 3.05) is 10.6 Å². The molecule has 0 saturated heterocycles. The molecule has 0 aliphatic carbocycles. The molecule has 1 aromatic heterocycles. The van der Waals surface area contributed by atoms with Crippen LogP contribution in [0.4, 0.5) is 25.0 Å². The van der Waals surface area contributed by atoms with Crippen LogP contribution >= 0.6 is 0 Å². The van der Waals surface area contributed by atoms with Gasteiger partial charge < -0.3 is 15.1 Å². The quantitative estimate of drug-likeness (QED) is 0.492. The van der Waals surface area contributed by atoms with Crippen molar-refractivity contribution in [2.45, 2.75) is 0 Å². The highest BCUT2D eigenvalue weighted by atomic mass is 19.1. The number of halogens is 2. The Morgan fingerprint density at radius 3 is 2.31 bits per heavy atom. The number of rotatable bonds is 4. The molecule has 0 spiro atoms. The summed E-state index contributed by atoms with van der Waals surface area (Å²) in [5.41, 5.74) is 1.03. The van der Waals surface area contributed by atoms with Crippen molar-refractivity contribution in [3.8, 4) is 22.9 Å². The third-order valence-electron chi connectivity index (χ3n) is 4.02. The maximum absolute atomic E-state index is 14.3. The molecule has 29 heavy (non-hydrogen) atoms. The first kappa shape index (κ1) is 18.3. The Kier molecular flexibility index (Phi) is 4.98. The van der Waals surface area contributed by atoms with Gasteiger partial charge >= 0.3 is 6.03 Å². The lowest BCUT2D eigenvalue weighted by molar-refractivity contribution is 0.262. The van der Waals surface area contributed by atoms with Crippen LogP contribution in [0, 0.1) is 11.6 Å². The van der Waals surface area contributed by atoms with Gasteiger partial charge in [-0.1, -0.05) is 30.3 Å². The van der Waals surface area contributed by atoms with E-state index in [0.717, 1.165) is 0 Å². The number of hydrogen-bond acceptors (Lipinski definition) is 4. The first-order valence-corrected chi connectivity index (χ1v) is 8.61. The van der Waals surface area contributed by atoms with Gasteiger partial charge in [-0.25, -0.2) is 13.6 Å². The summed E-state index contributed by atoms with van der Waals surface area (Å²) in [5, 5.41) is 12.7. The molecule has 2 N–H and O–H groups in total. The Morgan fingerprint density at radius 1 is 0.793 bits per heavy atom. The van der Waals surface area contributed by atoms with E-state index in [-0.39, 0.29) is 28.7 Å². The third kappa shape index (κ3) is 4.11. The van der Waals surface area contributed by atoms with Gasteiger partial charge in [-0.2, -0.15) is 0 Å². The summed E-state index contributed by atoms with van der Waals surface area (Å²) in [6.45, 7) is 0. The SMILES string of the molecule is O=C(Nc1ccc(F)c(-c2nnc(-c3ccccc3)o2)c1)Nc1ccccc1F. The summed E-state index contributed by atoms with van der Waals surface area (Å²) in [5.74, 6) is -0.940. The lowest BCUT2D eigenvalue weighted by atomic mass is 10.2. The number of benzene rings is 3. The Bertz CT molecular complexity index is 1160. The molecule has 0 aliphatic rings. The first-order valence-electron chi connectivity index (χ1n) is 8.61. The van der Waals surface area contributed by atoms with E-state index in [1.54, 1.807) is 18.2 Å². The number of carbonyl (C=O) groups excluding carboxylic acids is 1. The molecule has 1 heterocycles. The van der Waals surface area contributed by atoms with Crippen molar-refractivity contribution in [2.24, 2.45) is 0 Å². The Hall–Kier alpha value is -4.07. The Morgan fingerprint density at radius 2 is 1.52 bits per heavy atom. The topological polar surface area (TPSA) is 80.1 Å². The van der Waals surface area contributed by atoms with Crippen molar-refractivity contribution >= 4 is 17.4 Å². The van der Waals surface area contributed by atoms with Crippen molar-refractivity contribution in [3.05, 3.63) is 84.4 Å². The van der Waals surface area contributed by atoms with Crippen LogP contribution < -0.4 is 10.6 Å². The van der Waals surface area contributed by atoms with E-state index >= 15 is 0 Å². The molecule has 4 aromatic rings. The second kappa shape index (κ2) is 7.89. The monoisotopic (exact) mass is 392 g/mol. The highest BCUT2D eigenvalue weighted by molar-refractivity contribution is 6.00. The number of para-hydroxylation sites is 1. The zero-order chi connectivity index (χ0) is 20.2. The summed E-state index contributed by atoms with van der Waals surface area (Å²) in [7, 11) is 0. The minimum absolute atomic E-state index is 0.0248. The molecule has 144 valence electrons. The highest BCUT2D eigenvalue weighted by Crippen LogP contribution is 2.28. The molecule has 2 amide bonds. The fourth-order valence-corrected chi connectivity index (χ4v) is 2.64. The van der Waals surface area contributed by atoms with Crippen LogP contribution in [0.5, 0.6) is 0 Å². The molecule has 0 bridgehead atoms. The van der Waals surface area contributed by atoms with Gasteiger partial charge in [-0.05, 0) is 42.5 Å². The van der Waals surface area contributed by atoms with E-state index in [1.807, 2.05) is 18.2 Å². The summed E-state index contributed by atoms with van der Waals surface area (Å²) in [4.78, 5) is 12.1. The van der Waals surface area contributed by atoms with E-state index in [9.17, 15) is 13.6 Å². The molecule has 3 aromatic carbocycles. The molecular formula is C21H14F2N4O2. The number of urea groups is 1. The summed E-state index contributed by atoms with van der Waals surface area (Å²) < 4.78 is 33.5. The maximum Gasteiger partial charge on any atom is 0.323 e. The number of anilines is 2. The summed E-state index contributed by atoms with van der Waals surface area (Å²) in [6.07, 6.45) is 0. The van der Waals surface area contributed by atoms with Crippen molar-refractivity contribution < 1.29 is 18.0 Å². The van der Waals surface area contributed by atoms with Crippen LogP contribution in [0.2, 0.25) is 0 Å². The van der Waals surface area contributed by atoms with Gasteiger partial charge in [-0.15, -0.1) is 10.2 Å². The number of hydrogen-bond donors (Lipinski definition) is 2. The predicted octanol–water partition coefficient (Wildman–Crippen LogP) is 5.33. The fourth-order valence-electron chi connectivity index (χ4n) is 2.64. The summed E-state index contributed by atoms with van der Waals surface area (Å²) >= 11 is 0. The molecule has 6 nitrogen and oxygen atoms in total. The van der Waals surface area contributed by atoms with Crippen LogP contribution in [0.25, 0.3) is 22.9 Å². The zero-order valence-corrected chi connectivity index (χ0v) is 14.9. The molecule has 0 saturated carbocycles. The van der Waals surface area contributed by atoms with Crippen molar-refractivity contribution in [3.63, 3.8) is 0 Å². The standard InChI is InChI=1S/C21H14F2N4O2/c22-16-11-10-14(24-21(28)25-18-9-5-4-8-17(18)23)12-15(16)20-27-26-19(29-20)13-6-2-1-3-7-13/h1-12H,(H2,24,25,28). The number of nitrogens with one attached hydrogen (secondary N) is 2. The van der Waals surface area contributed by atoms with E-state index < -0.39 is 17.7 Å². The lowest BCUT2D eigenvalue weighted by Crippen LogP contribution is -2.20. The highest BCUT2D eigenvalue weighted by Gasteiger charge is 2.16. The Balaban J connectivity index is 1.54. The smallest absolute Gasteiger partial charge is 0.323 e. The second-order valence-corrected chi connectivity index (χ2v) is 6.03. The lowest BCUT2D eigenvalue weighted by Gasteiger charge is -2.09. The summed E-state index contributed by atoms with van der Waals surface area (Å²) in [6, 6.07) is 18.0. The average Bonchev–Trinajstić information content (AvgIpc) is 3.22. The van der Waals surface area contributed by atoms with Gasteiger partial charge in [0.1, 0.15) is 11.6 Å². The first-order chi connectivity index (χ1) is 14.1. The zero-order valence-electron chi connectivity index (χ0n) is 14.9. The molecule has 0 atom stereocenters. The van der Waals surface area contributed by atoms with Gasteiger partial charge in [0.25, 0.3) is 5.89 Å². The largest absolute Gasteiger partial charge is 0.416 e. The van der Waals surface area contributed by atoms with Gasteiger partial charge in [0.15, 0.2) is 0 Å². The fraction of sp³-hybridized carbons (Fsp3) is 0. The molecule has 8 heteroatoms. The number of carbonyl (C=O) groups is 1. The van der Waals surface area contributed by atoms with Crippen LogP contribution in [-0.2, 0) is 0 Å². The Labute approximate surface area is 164 Å². The molecule has 0 fully saturated rings. The maximum atomic E-state index is 14.3. The number of aromatic nitrogens is 2. The predicted molar refractivity (Wildman–Crippen MR) is 104 cm³/mol. The van der Waals surface area contributed by atoms with Crippen LogP contribution in [-0.4, -0.2) is 16.2 Å². The minimum atomic E-state index is -0.678. The molecule has 0 unspecified atom stereocenters. The van der Waals surface area contributed by atoms with Crippen LogP contribution in [0.3, 0.4) is 0 Å².